The van der Waals surface area contributed by atoms with Gasteiger partial charge in [-0.1, -0.05) is 12.1 Å². The number of phenolic OH excluding ortho intramolecular Hbond substituents is 2. The van der Waals surface area contributed by atoms with Crippen molar-refractivity contribution in [1.29, 1.82) is 0 Å². The highest BCUT2D eigenvalue weighted by atomic mass is 32.3. The van der Waals surface area contributed by atoms with E-state index in [1.807, 2.05) is 0 Å². The molecule has 0 aliphatic carbocycles. The monoisotopic (exact) mass is 811 g/mol. The number of ether oxygens (including phenoxy) is 1. The quantitative estimate of drug-likeness (QED) is 0.0350. The summed E-state index contributed by atoms with van der Waals surface area (Å²) in [6, 6.07) is 19.7. The summed E-state index contributed by atoms with van der Waals surface area (Å²) in [6.45, 7) is 0. The van der Waals surface area contributed by atoms with E-state index in [0.29, 0.717) is 10.8 Å². The van der Waals surface area contributed by atoms with Gasteiger partial charge in [0, 0.05) is 34.0 Å². The first-order valence-corrected chi connectivity index (χ1v) is 19.7. The van der Waals surface area contributed by atoms with Crippen molar-refractivity contribution in [2.45, 2.75) is 14.7 Å². The van der Waals surface area contributed by atoms with E-state index in [9.17, 15) is 50.5 Å². The van der Waals surface area contributed by atoms with Crippen molar-refractivity contribution >= 4 is 93.2 Å². The van der Waals surface area contributed by atoms with Crippen molar-refractivity contribution in [2.75, 3.05) is 12.8 Å². The van der Waals surface area contributed by atoms with Crippen LogP contribution in [0, 0.1) is 0 Å². The van der Waals surface area contributed by atoms with E-state index in [2.05, 4.69) is 30.7 Å². The number of nitrogens with zero attached hydrogens (tertiary/aromatic N) is 6. The highest BCUT2D eigenvalue weighted by Gasteiger charge is 2.26. The summed E-state index contributed by atoms with van der Waals surface area (Å²) in [4.78, 5) is -1.13. The molecule has 0 unspecified atom stereocenters. The molecule has 0 aliphatic rings. The predicted molar refractivity (Wildman–Crippen MR) is 205 cm³/mol. The molecular formula is C33H29N7O12S3. The van der Waals surface area contributed by atoms with Crippen LogP contribution in [0.1, 0.15) is 0 Å². The Labute approximate surface area is 313 Å². The largest absolute Gasteiger partial charge is 0.506 e. The van der Waals surface area contributed by atoms with E-state index in [-0.39, 0.29) is 55.5 Å². The number of phenols is 2. The molecule has 19 nitrogen and oxygen atoms in total. The van der Waals surface area contributed by atoms with Crippen LogP contribution >= 0.6 is 21.7 Å². The first kappa shape index (κ1) is 38.9. The fourth-order valence-corrected chi connectivity index (χ4v) is 6.87. The number of azo groups is 3. The van der Waals surface area contributed by atoms with Gasteiger partial charge in [0.25, 0.3) is 10.1 Å². The molecule has 6 aromatic carbocycles. The summed E-state index contributed by atoms with van der Waals surface area (Å²) in [6.07, 6.45) is 0. The maximum absolute atomic E-state index is 12.0. The Bertz CT molecular complexity index is 2680. The molecule has 11 N–H and O–H groups in total. The average molecular weight is 812 g/mol. The Kier molecular flexibility index (Phi) is 10.5. The summed E-state index contributed by atoms with van der Waals surface area (Å²) in [7, 11) is -11.7. The maximum atomic E-state index is 12.0. The second-order valence-electron chi connectivity index (χ2n) is 11.5. The molecule has 0 amide bonds. The van der Waals surface area contributed by atoms with Gasteiger partial charge in [-0.3, -0.25) is 4.55 Å². The predicted octanol–water partition coefficient (Wildman–Crippen LogP) is 10.7. The highest BCUT2D eigenvalue weighted by molar-refractivity contribution is 8.19. The summed E-state index contributed by atoms with van der Waals surface area (Å²) in [5.74, 6) is -1.10. The zero-order valence-corrected chi connectivity index (χ0v) is 30.3. The van der Waals surface area contributed by atoms with Crippen molar-refractivity contribution in [1.82, 2.24) is 0 Å². The lowest BCUT2D eigenvalue weighted by atomic mass is 10.1. The highest BCUT2D eigenvalue weighted by Crippen LogP contribution is 2.55. The molecule has 0 bridgehead atoms. The molecule has 0 radical (unpaired) electrons. The summed E-state index contributed by atoms with van der Waals surface area (Å²) >= 11 is 0. The maximum Gasteiger partial charge on any atom is 0.294 e. The van der Waals surface area contributed by atoms with E-state index in [1.165, 1.54) is 79.9 Å². The lowest BCUT2D eigenvalue weighted by Gasteiger charge is -2.22. The van der Waals surface area contributed by atoms with Crippen LogP contribution in [0.2, 0.25) is 0 Å². The number of anilines is 1. The second-order valence-corrected chi connectivity index (χ2v) is 15.9. The third-order valence-electron chi connectivity index (χ3n) is 7.84. The minimum atomic E-state index is -4.66. The molecule has 286 valence electrons. The van der Waals surface area contributed by atoms with Gasteiger partial charge in [0.1, 0.15) is 50.3 Å². The Balaban J connectivity index is 1.37. The van der Waals surface area contributed by atoms with Crippen molar-refractivity contribution in [3.05, 3.63) is 91.0 Å². The number of benzene rings is 6. The first-order chi connectivity index (χ1) is 25.8. The topological polar surface area (TPSA) is 326 Å². The van der Waals surface area contributed by atoms with Gasteiger partial charge in [-0.15, -0.1) is 25.6 Å². The number of methoxy groups -OCH3 is 1. The number of aromatic hydroxyl groups is 2. The average Bonchev–Trinajstić information content (AvgIpc) is 3.12. The van der Waals surface area contributed by atoms with Gasteiger partial charge in [0.05, 0.1) is 38.9 Å². The zero-order chi connectivity index (χ0) is 39.9. The first-order valence-electron chi connectivity index (χ1n) is 15.2. The number of nitrogens with two attached hydrogens (primary N) is 1. The van der Waals surface area contributed by atoms with E-state index >= 15 is 0 Å². The van der Waals surface area contributed by atoms with Gasteiger partial charge in [0.2, 0.25) is 0 Å². The summed E-state index contributed by atoms with van der Waals surface area (Å²) in [5.41, 5.74) is 5.92. The number of hydrogen-bond acceptors (Lipinski definition) is 18. The molecular weight excluding hydrogens is 783 g/mol. The Hall–Kier alpha value is -5.79. The third-order valence-corrected chi connectivity index (χ3v) is 10.5. The molecule has 0 heterocycles. The minimum absolute atomic E-state index is 0.000480. The number of fused-ring (bicyclic) bond motifs is 2. The van der Waals surface area contributed by atoms with Crippen LogP contribution in [0.5, 0.6) is 17.2 Å². The van der Waals surface area contributed by atoms with Crippen molar-refractivity contribution in [2.24, 2.45) is 30.7 Å². The zero-order valence-electron chi connectivity index (χ0n) is 27.9. The molecule has 0 spiro atoms. The van der Waals surface area contributed by atoms with E-state index in [4.69, 9.17) is 10.5 Å². The molecule has 0 saturated carbocycles. The van der Waals surface area contributed by atoms with Gasteiger partial charge in [-0.2, -0.15) is 13.5 Å². The number of hydrogen-bond donors (Lipinski definition) is 10. The molecule has 6 rings (SSSR count). The third kappa shape index (κ3) is 8.48. The molecule has 0 aliphatic heterocycles. The minimum Gasteiger partial charge on any atom is -0.506 e. The van der Waals surface area contributed by atoms with Crippen LogP contribution in [-0.2, 0) is 10.1 Å². The van der Waals surface area contributed by atoms with Crippen LogP contribution in [0.15, 0.2) is 136 Å². The molecule has 0 aromatic heterocycles. The number of nitrogen functional groups attached to an aromatic ring is 1. The molecule has 55 heavy (non-hydrogen) atoms. The molecule has 22 heteroatoms. The van der Waals surface area contributed by atoms with Gasteiger partial charge in [0.15, 0.2) is 5.75 Å². The van der Waals surface area contributed by atoms with Crippen LogP contribution < -0.4 is 10.5 Å². The Morgan fingerprint density at radius 2 is 1.18 bits per heavy atom. The smallest absolute Gasteiger partial charge is 0.294 e. The van der Waals surface area contributed by atoms with Crippen molar-refractivity contribution in [3.63, 3.8) is 0 Å². The fraction of sp³-hybridized carbons (Fsp3) is 0.0303. The fourth-order valence-electron chi connectivity index (χ4n) is 5.18. The normalized spacial score (nSPS) is 13.5. The van der Waals surface area contributed by atoms with Gasteiger partial charge in [-0.25, -0.2) is 0 Å². The summed E-state index contributed by atoms with van der Waals surface area (Å²) < 4.78 is 97.6. The lowest BCUT2D eigenvalue weighted by molar-refractivity contribution is 0.373. The molecule has 0 atom stereocenters. The Morgan fingerprint density at radius 3 is 1.82 bits per heavy atom. The van der Waals surface area contributed by atoms with Crippen molar-refractivity contribution < 1.29 is 55.2 Å². The lowest BCUT2D eigenvalue weighted by Crippen LogP contribution is -1.97. The van der Waals surface area contributed by atoms with E-state index in [1.54, 1.807) is 0 Å². The second kappa shape index (κ2) is 14.8. The van der Waals surface area contributed by atoms with Crippen LogP contribution in [0.4, 0.5) is 39.8 Å². The van der Waals surface area contributed by atoms with Crippen LogP contribution in [0.25, 0.3) is 21.5 Å². The van der Waals surface area contributed by atoms with Gasteiger partial charge < -0.3 is 48.0 Å². The van der Waals surface area contributed by atoms with Crippen LogP contribution in [0.3, 0.4) is 0 Å². The summed E-state index contributed by atoms with van der Waals surface area (Å²) in [5, 5.41) is 47.3. The van der Waals surface area contributed by atoms with E-state index in [0.717, 1.165) is 18.2 Å². The standard InChI is InChI=1S/C33H29N7O12S3/c1-52-30-16-27(38-40-32-31(55(49,50)51)12-17-2-3-18(34)13-23(17)33(32)42)29(41)15-28(30)39-37-26-11-10-25(22-9-8-21(14-24(22)26)54(46,47)48)36-35-19-4-6-20(7-5-19)53(43,44)45/h2-16,41-45,49-51H,34H2,1H3,(H,46,47,48). The van der Waals surface area contributed by atoms with E-state index < -0.39 is 58.8 Å². The van der Waals surface area contributed by atoms with Gasteiger partial charge >= 0.3 is 0 Å². The van der Waals surface area contributed by atoms with Gasteiger partial charge in [-0.05, 0) is 72.1 Å². The molecule has 6 aromatic rings. The number of rotatable bonds is 10. The Morgan fingerprint density at radius 1 is 0.564 bits per heavy atom. The molecule has 0 saturated heterocycles. The van der Waals surface area contributed by atoms with Crippen LogP contribution in [-0.4, -0.2) is 57.6 Å². The molecule has 0 fully saturated rings. The SMILES string of the molecule is COc1cc(N=Nc2c(S(O)(O)O)cc3ccc(N)cc3c2O)c(O)cc1N=Nc1ccc(N=Nc2ccc(S(O)(O)O)cc2)c2ccc(S(=O)(=O)O)cc12. The van der Waals surface area contributed by atoms with Crippen molar-refractivity contribution in [3.8, 4) is 17.2 Å².